The first-order chi connectivity index (χ1) is 13.9. The second-order valence-corrected chi connectivity index (χ2v) is 7.08. The number of hydrogen-bond acceptors (Lipinski definition) is 5. The van der Waals surface area contributed by atoms with E-state index >= 15 is 0 Å². The van der Waals surface area contributed by atoms with Gasteiger partial charge in [-0.05, 0) is 17.7 Å². The lowest BCUT2D eigenvalue weighted by atomic mass is 10.2. The highest BCUT2D eigenvalue weighted by Gasteiger charge is 2.20. The van der Waals surface area contributed by atoms with Gasteiger partial charge in [-0.2, -0.15) is 0 Å². The summed E-state index contributed by atoms with van der Waals surface area (Å²) in [4.78, 5) is 22.3. The van der Waals surface area contributed by atoms with Crippen LogP contribution in [0, 0.1) is 5.82 Å². The van der Waals surface area contributed by atoms with E-state index in [1.54, 1.807) is 27.3 Å². The lowest BCUT2D eigenvalue weighted by molar-refractivity contribution is -0.127. The van der Waals surface area contributed by atoms with Crippen LogP contribution < -0.4 is 10.1 Å². The van der Waals surface area contributed by atoms with Gasteiger partial charge in [0.1, 0.15) is 6.54 Å². The van der Waals surface area contributed by atoms with Gasteiger partial charge >= 0.3 is 0 Å². The molecule has 1 N–H and O–H groups in total. The van der Waals surface area contributed by atoms with E-state index in [-0.39, 0.29) is 48.0 Å². The number of carbonyl (C=O) groups excluding carboxylic acids is 1. The number of ether oxygens (including phenoxy) is 2. The van der Waals surface area contributed by atoms with Gasteiger partial charge in [0, 0.05) is 60.5 Å². The van der Waals surface area contributed by atoms with Crippen LogP contribution in [0.1, 0.15) is 5.56 Å². The Morgan fingerprint density at radius 2 is 1.93 bits per heavy atom. The number of methoxy groups -OCH3 is 2. The minimum atomic E-state index is -0.342. The molecule has 1 heterocycles. The van der Waals surface area contributed by atoms with Crippen molar-refractivity contribution in [2.45, 2.75) is 6.54 Å². The molecule has 0 bridgehead atoms. The summed E-state index contributed by atoms with van der Waals surface area (Å²) in [5.74, 6) is 0.586. The molecular formula is C20H33FIN5O3. The fourth-order valence-corrected chi connectivity index (χ4v) is 3.00. The van der Waals surface area contributed by atoms with Crippen LogP contribution in [0.3, 0.4) is 0 Å². The SMILES string of the molecule is COCCNC(=NCC(=O)N(C)C)N1CCN(Cc2ccc(OC)c(F)c2)CC1.I. The number of piperazine rings is 1. The van der Waals surface area contributed by atoms with Crippen LogP contribution in [0.15, 0.2) is 23.2 Å². The Morgan fingerprint density at radius 1 is 1.23 bits per heavy atom. The third-order valence-electron chi connectivity index (χ3n) is 4.75. The fourth-order valence-electron chi connectivity index (χ4n) is 3.00. The van der Waals surface area contributed by atoms with Crippen molar-refractivity contribution in [3.05, 3.63) is 29.6 Å². The molecule has 1 amide bonds. The number of carbonyl (C=O) groups is 1. The molecule has 0 saturated carbocycles. The third kappa shape index (κ3) is 8.23. The summed E-state index contributed by atoms with van der Waals surface area (Å²) in [6, 6.07) is 5.07. The summed E-state index contributed by atoms with van der Waals surface area (Å²) in [7, 11) is 6.55. The maximum absolute atomic E-state index is 13.9. The van der Waals surface area contributed by atoms with Crippen molar-refractivity contribution in [1.82, 2.24) is 20.0 Å². The molecule has 1 aromatic carbocycles. The highest BCUT2D eigenvalue weighted by Crippen LogP contribution is 2.19. The van der Waals surface area contributed by atoms with Gasteiger partial charge in [0.25, 0.3) is 0 Å². The zero-order chi connectivity index (χ0) is 21.2. The average Bonchev–Trinajstić information content (AvgIpc) is 2.71. The number of nitrogens with one attached hydrogen (secondary N) is 1. The quantitative estimate of drug-likeness (QED) is 0.233. The lowest BCUT2D eigenvalue weighted by Gasteiger charge is -2.36. The number of benzene rings is 1. The standard InChI is InChI=1S/C20H32FN5O3.HI/c1-24(2)19(27)14-23-20(22-7-12-28-3)26-10-8-25(9-11-26)15-16-5-6-18(29-4)17(21)13-16;/h5-6,13H,7-12,14-15H2,1-4H3,(H,22,23);1H. The molecule has 1 aromatic rings. The van der Waals surface area contributed by atoms with E-state index in [1.165, 1.54) is 18.1 Å². The van der Waals surface area contributed by atoms with Crippen LogP contribution in [0.2, 0.25) is 0 Å². The van der Waals surface area contributed by atoms with Gasteiger partial charge in [-0.25, -0.2) is 9.38 Å². The molecule has 170 valence electrons. The molecule has 0 aromatic heterocycles. The number of guanidine groups is 1. The number of nitrogens with zero attached hydrogens (tertiary/aromatic N) is 4. The number of amides is 1. The summed E-state index contributed by atoms with van der Waals surface area (Å²) in [6.07, 6.45) is 0. The molecule has 30 heavy (non-hydrogen) atoms. The predicted molar refractivity (Wildman–Crippen MR) is 126 cm³/mol. The number of hydrogen-bond donors (Lipinski definition) is 1. The van der Waals surface area contributed by atoms with Crippen molar-refractivity contribution in [2.24, 2.45) is 4.99 Å². The molecule has 0 unspecified atom stereocenters. The fraction of sp³-hybridized carbons (Fsp3) is 0.600. The summed E-state index contributed by atoms with van der Waals surface area (Å²) in [5.41, 5.74) is 0.917. The Hall–Kier alpha value is -1.66. The summed E-state index contributed by atoms with van der Waals surface area (Å²) in [5, 5.41) is 3.27. The number of halogens is 2. The van der Waals surface area contributed by atoms with Crippen LogP contribution in [0.4, 0.5) is 4.39 Å². The van der Waals surface area contributed by atoms with Gasteiger partial charge in [0.05, 0.1) is 13.7 Å². The van der Waals surface area contributed by atoms with Crippen LogP contribution in [-0.4, -0.2) is 101 Å². The third-order valence-corrected chi connectivity index (χ3v) is 4.75. The van der Waals surface area contributed by atoms with Crippen LogP contribution >= 0.6 is 24.0 Å². The number of rotatable bonds is 8. The smallest absolute Gasteiger partial charge is 0.243 e. The molecule has 0 aliphatic carbocycles. The molecule has 1 fully saturated rings. The molecule has 0 spiro atoms. The van der Waals surface area contributed by atoms with Crippen molar-refractivity contribution >= 4 is 35.8 Å². The first-order valence-corrected chi connectivity index (χ1v) is 9.71. The van der Waals surface area contributed by atoms with Crippen LogP contribution in [0.25, 0.3) is 0 Å². The topological polar surface area (TPSA) is 69.6 Å². The van der Waals surface area contributed by atoms with E-state index in [9.17, 15) is 9.18 Å². The van der Waals surface area contributed by atoms with E-state index < -0.39 is 0 Å². The summed E-state index contributed by atoms with van der Waals surface area (Å²) >= 11 is 0. The van der Waals surface area contributed by atoms with E-state index in [4.69, 9.17) is 9.47 Å². The second kappa shape index (κ2) is 13.6. The molecule has 1 saturated heterocycles. The van der Waals surface area contributed by atoms with Gasteiger partial charge in [-0.3, -0.25) is 9.69 Å². The first kappa shape index (κ1) is 26.4. The number of aliphatic imine (C=N–C) groups is 1. The van der Waals surface area contributed by atoms with E-state index in [1.807, 2.05) is 6.07 Å². The average molecular weight is 537 g/mol. The maximum atomic E-state index is 13.9. The van der Waals surface area contributed by atoms with Gasteiger partial charge in [-0.1, -0.05) is 6.07 Å². The van der Waals surface area contributed by atoms with E-state index in [0.717, 1.165) is 31.7 Å². The molecule has 8 nitrogen and oxygen atoms in total. The Labute approximate surface area is 195 Å². The Morgan fingerprint density at radius 3 is 2.50 bits per heavy atom. The van der Waals surface area contributed by atoms with Crippen molar-refractivity contribution < 1.29 is 18.7 Å². The predicted octanol–water partition coefficient (Wildman–Crippen LogP) is 1.25. The molecule has 2 rings (SSSR count). The minimum absolute atomic E-state index is 0. The highest BCUT2D eigenvalue weighted by molar-refractivity contribution is 14.0. The van der Waals surface area contributed by atoms with Gasteiger partial charge in [0.2, 0.25) is 5.91 Å². The first-order valence-electron chi connectivity index (χ1n) is 9.71. The van der Waals surface area contributed by atoms with Crippen molar-refractivity contribution in [3.8, 4) is 5.75 Å². The Bertz CT molecular complexity index is 697. The highest BCUT2D eigenvalue weighted by atomic mass is 127. The lowest BCUT2D eigenvalue weighted by Crippen LogP contribution is -2.52. The van der Waals surface area contributed by atoms with E-state index in [0.29, 0.717) is 25.7 Å². The van der Waals surface area contributed by atoms with Gasteiger partial charge < -0.3 is 24.6 Å². The van der Waals surface area contributed by atoms with Crippen molar-refractivity contribution in [3.63, 3.8) is 0 Å². The summed E-state index contributed by atoms with van der Waals surface area (Å²) in [6.45, 7) is 5.15. The van der Waals surface area contributed by atoms with Crippen LogP contribution in [-0.2, 0) is 16.1 Å². The van der Waals surface area contributed by atoms with Gasteiger partial charge in [-0.15, -0.1) is 24.0 Å². The number of likely N-dealkylation sites (N-methyl/N-ethyl adjacent to an activating group) is 1. The van der Waals surface area contributed by atoms with Gasteiger partial charge in [0.15, 0.2) is 17.5 Å². The molecular weight excluding hydrogens is 504 g/mol. The maximum Gasteiger partial charge on any atom is 0.243 e. The molecule has 1 aliphatic rings. The monoisotopic (exact) mass is 537 g/mol. The largest absolute Gasteiger partial charge is 0.494 e. The van der Waals surface area contributed by atoms with Crippen molar-refractivity contribution in [2.75, 3.05) is 74.2 Å². The van der Waals surface area contributed by atoms with Crippen molar-refractivity contribution in [1.29, 1.82) is 0 Å². The zero-order valence-corrected chi connectivity index (χ0v) is 20.5. The second-order valence-electron chi connectivity index (χ2n) is 7.08. The normalized spacial score (nSPS) is 14.8. The summed E-state index contributed by atoms with van der Waals surface area (Å²) < 4.78 is 24.0. The molecule has 0 radical (unpaired) electrons. The molecule has 1 aliphatic heterocycles. The van der Waals surface area contributed by atoms with E-state index in [2.05, 4.69) is 20.1 Å². The van der Waals surface area contributed by atoms with Crippen LogP contribution in [0.5, 0.6) is 5.75 Å². The zero-order valence-electron chi connectivity index (χ0n) is 18.2. The Balaban J connectivity index is 0.00000450. The molecule has 10 heteroatoms. The molecule has 0 atom stereocenters. The Kier molecular flexibility index (Phi) is 12.0. The minimum Gasteiger partial charge on any atom is -0.494 e.